The van der Waals surface area contributed by atoms with Crippen molar-refractivity contribution in [2.24, 2.45) is 11.8 Å². The highest BCUT2D eigenvalue weighted by Crippen LogP contribution is 2.43. The Balaban J connectivity index is 1.47. The highest BCUT2D eigenvalue weighted by atomic mass is 16.5. The Labute approximate surface area is 181 Å². The van der Waals surface area contributed by atoms with Crippen molar-refractivity contribution in [1.82, 2.24) is 24.9 Å². The number of nitrogens with zero attached hydrogens (tertiary/aromatic N) is 6. The number of rotatable bonds is 3. The van der Waals surface area contributed by atoms with Gasteiger partial charge >= 0.3 is 0 Å². The molecule has 9 nitrogen and oxygen atoms in total. The van der Waals surface area contributed by atoms with Gasteiger partial charge < -0.3 is 19.2 Å². The molecule has 164 valence electrons. The summed E-state index contributed by atoms with van der Waals surface area (Å²) in [5.74, 6) is 2.49. The molecule has 0 unspecified atom stereocenters. The molecule has 0 radical (unpaired) electrons. The normalized spacial score (nSPS) is 27.8. The van der Waals surface area contributed by atoms with Crippen LogP contribution in [0.2, 0.25) is 0 Å². The summed E-state index contributed by atoms with van der Waals surface area (Å²) in [6, 6.07) is 3.56. The molecule has 2 aromatic rings. The molecule has 0 aromatic carbocycles. The fourth-order valence-electron chi connectivity index (χ4n) is 5.56. The molecule has 3 aliphatic rings. The SMILES string of the molecule is Cc1noc(-c2ccnc(N3C[C@@H]4C[C@H](C3)[C@H](C(=O)N(C)C)N3C(=O)CCC[C@@H]43)c2)n1. The van der Waals surface area contributed by atoms with Gasteiger partial charge in [-0.05, 0) is 44.2 Å². The van der Waals surface area contributed by atoms with Gasteiger partial charge in [-0.15, -0.1) is 0 Å². The largest absolute Gasteiger partial charge is 0.356 e. The van der Waals surface area contributed by atoms with E-state index in [4.69, 9.17) is 4.52 Å². The number of aromatic nitrogens is 3. The number of carbonyl (C=O) groups excluding carboxylic acids is 2. The molecule has 0 spiro atoms. The summed E-state index contributed by atoms with van der Waals surface area (Å²) in [5, 5.41) is 3.88. The van der Waals surface area contributed by atoms with Crippen LogP contribution >= 0.6 is 0 Å². The van der Waals surface area contributed by atoms with Crippen LogP contribution in [0.5, 0.6) is 0 Å². The number of hydrogen-bond acceptors (Lipinski definition) is 7. The summed E-state index contributed by atoms with van der Waals surface area (Å²) in [6.07, 6.45) is 5.13. The van der Waals surface area contributed by atoms with Crippen LogP contribution in [0.25, 0.3) is 11.5 Å². The van der Waals surface area contributed by atoms with E-state index in [0.717, 1.165) is 37.2 Å². The molecule has 31 heavy (non-hydrogen) atoms. The van der Waals surface area contributed by atoms with E-state index in [-0.39, 0.29) is 23.8 Å². The Hall–Kier alpha value is -2.97. The van der Waals surface area contributed by atoms with Gasteiger partial charge in [-0.25, -0.2) is 4.98 Å². The van der Waals surface area contributed by atoms with Crippen molar-refractivity contribution >= 4 is 17.6 Å². The number of aryl methyl sites for hydroxylation is 1. The van der Waals surface area contributed by atoms with Crippen LogP contribution in [0.3, 0.4) is 0 Å². The zero-order valence-electron chi connectivity index (χ0n) is 18.2. The van der Waals surface area contributed by atoms with Gasteiger partial charge in [-0.2, -0.15) is 4.98 Å². The topological polar surface area (TPSA) is 95.7 Å². The predicted molar refractivity (Wildman–Crippen MR) is 113 cm³/mol. The fraction of sp³-hybridized carbons (Fsp3) is 0.591. The summed E-state index contributed by atoms with van der Waals surface area (Å²) < 4.78 is 5.32. The minimum Gasteiger partial charge on any atom is -0.356 e. The lowest BCUT2D eigenvalue weighted by atomic mass is 9.71. The summed E-state index contributed by atoms with van der Waals surface area (Å²) in [7, 11) is 3.55. The number of anilines is 1. The van der Waals surface area contributed by atoms with Gasteiger partial charge in [-0.3, -0.25) is 9.59 Å². The number of fused-ring (bicyclic) bond motifs is 4. The van der Waals surface area contributed by atoms with Gasteiger partial charge in [0, 0.05) is 57.3 Å². The predicted octanol–water partition coefficient (Wildman–Crippen LogP) is 1.73. The van der Waals surface area contributed by atoms with Crippen LogP contribution in [-0.4, -0.2) is 76.0 Å². The molecule has 0 saturated carbocycles. The number of pyridine rings is 1. The van der Waals surface area contributed by atoms with Crippen molar-refractivity contribution in [3.63, 3.8) is 0 Å². The molecule has 0 aliphatic carbocycles. The number of carbonyl (C=O) groups is 2. The van der Waals surface area contributed by atoms with Crippen molar-refractivity contribution in [2.75, 3.05) is 32.1 Å². The molecule has 0 N–H and O–H groups in total. The van der Waals surface area contributed by atoms with E-state index in [9.17, 15) is 9.59 Å². The average Bonchev–Trinajstić information content (AvgIpc) is 3.20. The second kappa shape index (κ2) is 7.62. The van der Waals surface area contributed by atoms with Crippen molar-refractivity contribution in [3.05, 3.63) is 24.2 Å². The molecule has 5 heterocycles. The van der Waals surface area contributed by atoms with Crippen LogP contribution in [0.4, 0.5) is 5.82 Å². The highest BCUT2D eigenvalue weighted by Gasteiger charge is 2.52. The van der Waals surface area contributed by atoms with Gasteiger partial charge in [-0.1, -0.05) is 5.16 Å². The minimum absolute atomic E-state index is 0.0218. The maximum atomic E-state index is 13.2. The van der Waals surface area contributed by atoms with E-state index in [0.29, 0.717) is 30.6 Å². The first-order chi connectivity index (χ1) is 14.9. The van der Waals surface area contributed by atoms with Crippen LogP contribution in [-0.2, 0) is 9.59 Å². The van der Waals surface area contributed by atoms with Gasteiger partial charge in [0.25, 0.3) is 5.89 Å². The molecule has 9 heteroatoms. The van der Waals surface area contributed by atoms with Crippen LogP contribution in [0.1, 0.15) is 31.5 Å². The maximum Gasteiger partial charge on any atom is 0.258 e. The third-order valence-corrected chi connectivity index (χ3v) is 6.88. The van der Waals surface area contributed by atoms with E-state index >= 15 is 0 Å². The fourth-order valence-corrected chi connectivity index (χ4v) is 5.56. The maximum absolute atomic E-state index is 13.2. The molecule has 3 saturated heterocycles. The second-order valence-electron chi connectivity index (χ2n) is 9.15. The molecule has 4 atom stereocenters. The molecular formula is C22H28N6O3. The number of hydrogen-bond donors (Lipinski definition) is 0. The Kier molecular flexibility index (Phi) is 4.91. The second-order valence-corrected chi connectivity index (χ2v) is 9.15. The first-order valence-corrected chi connectivity index (χ1v) is 11.0. The van der Waals surface area contributed by atoms with Crippen molar-refractivity contribution in [1.29, 1.82) is 0 Å². The van der Waals surface area contributed by atoms with E-state index in [1.807, 2.05) is 17.0 Å². The quantitative estimate of drug-likeness (QED) is 0.740. The molecular weight excluding hydrogens is 396 g/mol. The van der Waals surface area contributed by atoms with Crippen molar-refractivity contribution in [3.8, 4) is 11.5 Å². The van der Waals surface area contributed by atoms with Gasteiger partial charge in [0.2, 0.25) is 11.8 Å². The Morgan fingerprint density at radius 1 is 1.26 bits per heavy atom. The zero-order chi connectivity index (χ0) is 21.7. The first kappa shape index (κ1) is 20.0. The monoisotopic (exact) mass is 424 g/mol. The summed E-state index contributed by atoms with van der Waals surface area (Å²) in [5.41, 5.74) is 0.830. The van der Waals surface area contributed by atoms with Crippen LogP contribution in [0, 0.1) is 18.8 Å². The molecule has 5 rings (SSSR count). The Morgan fingerprint density at radius 3 is 2.81 bits per heavy atom. The Bertz CT molecular complexity index is 1000. The number of piperidine rings is 3. The summed E-state index contributed by atoms with van der Waals surface area (Å²) in [4.78, 5) is 40.8. The summed E-state index contributed by atoms with van der Waals surface area (Å²) in [6.45, 7) is 3.31. The van der Waals surface area contributed by atoms with E-state index in [2.05, 4.69) is 20.0 Å². The first-order valence-electron chi connectivity index (χ1n) is 11.0. The molecule has 3 fully saturated rings. The number of likely N-dealkylation sites (N-methyl/N-ethyl adjacent to an activating group) is 1. The van der Waals surface area contributed by atoms with Crippen molar-refractivity contribution in [2.45, 2.75) is 44.7 Å². The average molecular weight is 425 g/mol. The van der Waals surface area contributed by atoms with E-state index in [1.165, 1.54) is 0 Å². The molecule has 2 aromatic heterocycles. The third-order valence-electron chi connectivity index (χ3n) is 6.88. The lowest BCUT2D eigenvalue weighted by Crippen LogP contribution is -2.68. The standard InChI is InChI=1S/C22H28N6O3/c1-13-24-21(31-25-13)14-7-8-23-18(10-14)27-11-15-9-16(12-27)20(22(30)26(2)3)28-17(15)5-4-6-19(28)29/h7-8,10,15-17,20H,4-6,9,11-12H2,1-3H3/t15-,16+,17-,20+/m0/s1. The molecule has 3 aliphatic heterocycles. The van der Waals surface area contributed by atoms with Gasteiger partial charge in [0.15, 0.2) is 5.82 Å². The lowest BCUT2D eigenvalue weighted by molar-refractivity contribution is -0.159. The highest BCUT2D eigenvalue weighted by molar-refractivity contribution is 5.89. The van der Waals surface area contributed by atoms with Crippen LogP contribution < -0.4 is 4.90 Å². The minimum atomic E-state index is -0.395. The van der Waals surface area contributed by atoms with E-state index in [1.54, 1.807) is 32.1 Å². The molecule has 2 bridgehead atoms. The third kappa shape index (κ3) is 3.45. The van der Waals surface area contributed by atoms with Gasteiger partial charge in [0.05, 0.1) is 0 Å². The smallest absolute Gasteiger partial charge is 0.258 e. The van der Waals surface area contributed by atoms with E-state index < -0.39 is 6.04 Å². The van der Waals surface area contributed by atoms with Gasteiger partial charge in [0.1, 0.15) is 11.9 Å². The Morgan fingerprint density at radius 2 is 2.06 bits per heavy atom. The lowest BCUT2D eigenvalue weighted by Gasteiger charge is -2.56. The number of amides is 2. The summed E-state index contributed by atoms with van der Waals surface area (Å²) >= 11 is 0. The van der Waals surface area contributed by atoms with Crippen molar-refractivity contribution < 1.29 is 14.1 Å². The van der Waals surface area contributed by atoms with Crippen LogP contribution in [0.15, 0.2) is 22.9 Å². The molecule has 2 amide bonds. The zero-order valence-corrected chi connectivity index (χ0v) is 18.2.